The minimum atomic E-state index is -1.50. The molecule has 2 rings (SSSR count). The Morgan fingerprint density at radius 3 is 1.84 bits per heavy atom. The van der Waals surface area contributed by atoms with Crippen LogP contribution in [0.2, 0.25) is 0 Å². The lowest BCUT2D eigenvalue weighted by Crippen LogP contribution is -2.64. The number of aryl methyl sites for hydroxylation is 1. The average Bonchev–Trinajstić information content (AvgIpc) is 2.71. The van der Waals surface area contributed by atoms with Crippen LogP contribution < -0.4 is 4.74 Å². The lowest BCUT2D eigenvalue weighted by molar-refractivity contribution is -0.282. The Bertz CT molecular complexity index is 803. The van der Waals surface area contributed by atoms with Crippen LogP contribution >= 0.6 is 0 Å². The van der Waals surface area contributed by atoms with Crippen molar-refractivity contribution in [2.45, 2.75) is 64.8 Å². The van der Waals surface area contributed by atoms with Crippen molar-refractivity contribution in [3.05, 3.63) is 29.8 Å². The molecule has 0 amide bonds. The van der Waals surface area contributed by atoms with E-state index in [1.165, 1.54) is 0 Å². The van der Waals surface area contributed by atoms with Gasteiger partial charge in [0.2, 0.25) is 12.4 Å². The third-order valence-corrected chi connectivity index (χ3v) is 4.42. The Morgan fingerprint density at radius 1 is 0.839 bits per heavy atom. The Hall–Kier alpha value is -3.14. The van der Waals surface area contributed by atoms with Crippen molar-refractivity contribution in [2.24, 2.45) is 0 Å². The third kappa shape index (κ3) is 6.42. The summed E-state index contributed by atoms with van der Waals surface area (Å²) in [6.45, 7) is 5.37. The molecule has 0 aromatic heterocycles. The van der Waals surface area contributed by atoms with E-state index in [-0.39, 0.29) is 0 Å². The Kier molecular flexibility index (Phi) is 8.38. The van der Waals surface area contributed by atoms with Gasteiger partial charge in [-0.2, -0.15) is 0 Å². The number of rotatable bonds is 7. The summed E-state index contributed by atoms with van der Waals surface area (Å²) in [6.07, 6.45) is -6.19. The van der Waals surface area contributed by atoms with E-state index in [4.69, 9.17) is 28.4 Å². The summed E-state index contributed by atoms with van der Waals surface area (Å²) >= 11 is 0. The molecule has 10 nitrogen and oxygen atoms in total. The third-order valence-electron chi connectivity index (χ3n) is 4.42. The zero-order chi connectivity index (χ0) is 23.1. The Balaban J connectivity index is 2.46. The second-order valence-corrected chi connectivity index (χ2v) is 6.79. The number of carbonyl (C=O) groups is 4. The lowest BCUT2D eigenvalue weighted by Gasteiger charge is -2.43. The van der Waals surface area contributed by atoms with Crippen molar-refractivity contribution in [3.63, 3.8) is 0 Å². The molecule has 1 aromatic carbocycles. The first-order chi connectivity index (χ1) is 14.7. The fourth-order valence-corrected chi connectivity index (χ4v) is 3.11. The van der Waals surface area contributed by atoms with Crippen molar-refractivity contribution in [1.29, 1.82) is 0 Å². The van der Waals surface area contributed by atoms with Gasteiger partial charge in [-0.25, -0.2) is 4.79 Å². The number of hydrogen-bond acceptors (Lipinski definition) is 10. The molecule has 1 saturated heterocycles. The molecule has 1 heterocycles. The van der Waals surface area contributed by atoms with Gasteiger partial charge in [-0.3, -0.25) is 14.4 Å². The van der Waals surface area contributed by atoms with Crippen LogP contribution in [0.25, 0.3) is 0 Å². The van der Waals surface area contributed by atoms with E-state index >= 15 is 0 Å². The van der Waals surface area contributed by atoms with Crippen LogP contribution in [0.15, 0.2) is 24.3 Å². The molecule has 5 atom stereocenters. The van der Waals surface area contributed by atoms with Crippen molar-refractivity contribution >= 4 is 23.9 Å². The van der Waals surface area contributed by atoms with E-state index in [9.17, 15) is 19.2 Å². The molecule has 0 saturated carbocycles. The highest BCUT2D eigenvalue weighted by molar-refractivity contribution is 5.77. The molecule has 0 aliphatic carbocycles. The highest BCUT2D eigenvalue weighted by atomic mass is 16.7. The average molecular weight is 438 g/mol. The summed E-state index contributed by atoms with van der Waals surface area (Å²) in [5, 5.41) is 0. The smallest absolute Gasteiger partial charge is 0.339 e. The normalized spacial score (nSPS) is 25.1. The molecule has 1 fully saturated rings. The monoisotopic (exact) mass is 438 g/mol. The molecule has 1 aliphatic heterocycles. The second kappa shape index (κ2) is 10.8. The fourth-order valence-electron chi connectivity index (χ4n) is 3.11. The molecule has 170 valence electrons. The molecular formula is C21H26O10. The van der Waals surface area contributed by atoms with Gasteiger partial charge < -0.3 is 28.4 Å². The number of methoxy groups -OCH3 is 1. The Morgan fingerprint density at radius 2 is 1.35 bits per heavy atom. The molecule has 5 unspecified atom stereocenters. The second-order valence-electron chi connectivity index (χ2n) is 6.79. The van der Waals surface area contributed by atoms with Crippen molar-refractivity contribution in [3.8, 4) is 5.75 Å². The van der Waals surface area contributed by atoms with Gasteiger partial charge in [0.15, 0.2) is 18.3 Å². The Labute approximate surface area is 179 Å². The van der Waals surface area contributed by atoms with Gasteiger partial charge in [-0.1, -0.05) is 19.1 Å². The summed E-state index contributed by atoms with van der Waals surface area (Å²) in [5.41, 5.74) is 1.06. The predicted octanol–water partition coefficient (Wildman–Crippen LogP) is 1.32. The lowest BCUT2D eigenvalue weighted by atomic mass is 9.97. The minimum absolute atomic E-state index is 0.357. The van der Waals surface area contributed by atoms with E-state index in [0.29, 0.717) is 5.75 Å². The van der Waals surface area contributed by atoms with Gasteiger partial charge in [0.25, 0.3) is 0 Å². The van der Waals surface area contributed by atoms with Crippen LogP contribution in [0.1, 0.15) is 33.3 Å². The summed E-state index contributed by atoms with van der Waals surface area (Å²) in [7, 11) is 1.12. The SMILES string of the molecule is CCc1ccc(OC2OC(C(=O)OC)C(OC(C)=O)C(OC(C)=O)C2OC(C)=O)cc1. The van der Waals surface area contributed by atoms with Gasteiger partial charge in [-0.05, 0) is 24.1 Å². The largest absolute Gasteiger partial charge is 0.467 e. The zero-order valence-electron chi connectivity index (χ0n) is 18.0. The van der Waals surface area contributed by atoms with Crippen LogP contribution in [-0.2, 0) is 49.3 Å². The number of hydrogen-bond donors (Lipinski definition) is 0. The highest BCUT2D eigenvalue weighted by Crippen LogP contribution is 2.31. The topological polar surface area (TPSA) is 124 Å². The van der Waals surface area contributed by atoms with Gasteiger partial charge in [0, 0.05) is 20.8 Å². The number of esters is 4. The van der Waals surface area contributed by atoms with Gasteiger partial charge in [0.05, 0.1) is 7.11 Å². The standard InChI is InChI=1S/C21H26O10/c1-6-14-7-9-15(10-8-14)30-21-19(29-13(4)24)17(28-12(3)23)16(27-11(2)22)18(31-21)20(25)26-5/h7-10,16-19,21H,6H2,1-5H3. The summed E-state index contributed by atoms with van der Waals surface area (Å²) in [6, 6.07) is 7.03. The van der Waals surface area contributed by atoms with Crippen LogP contribution in [0.4, 0.5) is 0 Å². The molecule has 10 heteroatoms. The maximum Gasteiger partial charge on any atom is 0.339 e. The van der Waals surface area contributed by atoms with Gasteiger partial charge in [0.1, 0.15) is 5.75 Å². The van der Waals surface area contributed by atoms with Crippen LogP contribution in [-0.4, -0.2) is 61.7 Å². The van der Waals surface area contributed by atoms with Crippen molar-refractivity contribution in [2.75, 3.05) is 7.11 Å². The van der Waals surface area contributed by atoms with Crippen LogP contribution in [0.5, 0.6) is 5.75 Å². The quantitative estimate of drug-likeness (QED) is 0.455. The molecule has 0 N–H and O–H groups in total. The van der Waals surface area contributed by atoms with Crippen molar-refractivity contribution in [1.82, 2.24) is 0 Å². The van der Waals surface area contributed by atoms with Crippen LogP contribution in [0, 0.1) is 0 Å². The van der Waals surface area contributed by atoms with Crippen LogP contribution in [0.3, 0.4) is 0 Å². The molecular weight excluding hydrogens is 412 g/mol. The predicted molar refractivity (Wildman–Crippen MR) is 104 cm³/mol. The first-order valence-corrected chi connectivity index (χ1v) is 9.66. The van der Waals surface area contributed by atoms with Gasteiger partial charge in [-0.15, -0.1) is 0 Å². The maximum atomic E-state index is 12.4. The first kappa shape index (κ1) is 24.1. The molecule has 1 aromatic rings. The summed E-state index contributed by atoms with van der Waals surface area (Å²) in [4.78, 5) is 47.5. The maximum absolute atomic E-state index is 12.4. The summed E-state index contributed by atoms with van der Waals surface area (Å²) in [5.74, 6) is -2.78. The van der Waals surface area contributed by atoms with Crippen molar-refractivity contribution < 1.29 is 47.6 Å². The minimum Gasteiger partial charge on any atom is -0.467 e. The number of benzene rings is 1. The number of carbonyl (C=O) groups excluding carboxylic acids is 4. The fraction of sp³-hybridized carbons (Fsp3) is 0.524. The summed E-state index contributed by atoms with van der Waals surface area (Å²) < 4.78 is 32.0. The van der Waals surface area contributed by atoms with E-state index in [0.717, 1.165) is 39.9 Å². The number of ether oxygens (including phenoxy) is 6. The van der Waals surface area contributed by atoms with E-state index in [1.807, 2.05) is 19.1 Å². The molecule has 0 radical (unpaired) electrons. The zero-order valence-corrected chi connectivity index (χ0v) is 18.0. The highest BCUT2D eigenvalue weighted by Gasteiger charge is 2.55. The van der Waals surface area contributed by atoms with E-state index in [2.05, 4.69) is 0 Å². The van der Waals surface area contributed by atoms with E-state index < -0.39 is 54.6 Å². The first-order valence-electron chi connectivity index (χ1n) is 9.66. The molecule has 1 aliphatic rings. The van der Waals surface area contributed by atoms with E-state index in [1.54, 1.807) is 12.1 Å². The molecule has 0 spiro atoms. The molecule has 31 heavy (non-hydrogen) atoms. The molecule has 0 bridgehead atoms. The van der Waals surface area contributed by atoms with Gasteiger partial charge >= 0.3 is 23.9 Å².